The molecule has 1 saturated carbocycles. The molecule has 0 N–H and O–H groups in total. The first kappa shape index (κ1) is 7.46. The van der Waals surface area contributed by atoms with Crippen LogP contribution in [0.25, 0.3) is 0 Å². The maximum Gasteiger partial charge on any atom is 0.00724 e. The molecule has 0 saturated heterocycles. The Morgan fingerprint density at radius 3 is 2.22 bits per heavy atom. The highest BCUT2D eigenvalue weighted by Crippen LogP contribution is 2.57. The summed E-state index contributed by atoms with van der Waals surface area (Å²) >= 11 is 2.00. The van der Waals surface area contributed by atoms with Gasteiger partial charge in [0.05, 0.1) is 0 Å². The Morgan fingerprint density at radius 2 is 2.11 bits per heavy atom. The minimum absolute atomic E-state index is 0.680. The van der Waals surface area contributed by atoms with Gasteiger partial charge in [0.1, 0.15) is 0 Å². The van der Waals surface area contributed by atoms with E-state index in [2.05, 4.69) is 27.0 Å². The zero-order valence-electron chi connectivity index (χ0n) is 6.77. The van der Waals surface area contributed by atoms with Crippen molar-refractivity contribution in [3.8, 4) is 0 Å². The maximum atomic E-state index is 2.40. The fraction of sp³-hybridized carbons (Fsp3) is 1.00. The van der Waals surface area contributed by atoms with E-state index >= 15 is 0 Å². The van der Waals surface area contributed by atoms with E-state index in [1.54, 1.807) is 0 Å². The predicted octanol–water partition coefficient (Wildman–Crippen LogP) is 2.78. The van der Waals surface area contributed by atoms with E-state index in [4.69, 9.17) is 0 Å². The van der Waals surface area contributed by atoms with Crippen LogP contribution in [-0.4, -0.2) is 11.5 Å². The third-order valence-corrected chi connectivity index (χ3v) is 4.24. The minimum atomic E-state index is 0.680. The van der Waals surface area contributed by atoms with Crippen molar-refractivity contribution in [1.82, 2.24) is 0 Å². The molecule has 0 nitrogen and oxygen atoms in total. The van der Waals surface area contributed by atoms with Crippen LogP contribution in [0, 0.1) is 11.3 Å². The van der Waals surface area contributed by atoms with Crippen LogP contribution >= 0.6 is 11.8 Å². The third kappa shape index (κ3) is 1.12. The number of hydrogen-bond acceptors (Lipinski definition) is 1. The molecular formula is C8H16S. The molecule has 1 fully saturated rings. The Hall–Kier alpha value is 0.350. The van der Waals surface area contributed by atoms with Gasteiger partial charge in [0.2, 0.25) is 0 Å². The molecule has 0 amide bonds. The van der Waals surface area contributed by atoms with Crippen LogP contribution in [0.2, 0.25) is 0 Å². The van der Waals surface area contributed by atoms with Crippen LogP contribution in [0.15, 0.2) is 0 Å². The minimum Gasteiger partial charge on any atom is -0.162 e. The Kier molecular flexibility index (Phi) is 1.81. The molecule has 0 heterocycles. The van der Waals surface area contributed by atoms with Crippen LogP contribution in [0.5, 0.6) is 0 Å². The topological polar surface area (TPSA) is 0 Å². The number of hydrogen-bond donors (Lipinski definition) is 0. The van der Waals surface area contributed by atoms with E-state index in [0.717, 1.165) is 11.2 Å². The average molecular weight is 144 g/mol. The number of rotatable bonds is 2. The van der Waals surface area contributed by atoms with Gasteiger partial charge < -0.3 is 0 Å². The predicted molar refractivity (Wildman–Crippen MR) is 44.9 cm³/mol. The van der Waals surface area contributed by atoms with Crippen molar-refractivity contribution >= 4 is 11.8 Å². The highest BCUT2D eigenvalue weighted by molar-refractivity contribution is 7.99. The Balaban J connectivity index is 2.43. The van der Waals surface area contributed by atoms with Crippen molar-refractivity contribution in [2.75, 3.05) is 6.26 Å². The van der Waals surface area contributed by atoms with Crippen molar-refractivity contribution < 1.29 is 0 Å². The van der Waals surface area contributed by atoms with Gasteiger partial charge in [-0.3, -0.25) is 0 Å². The second-order valence-electron chi connectivity index (χ2n) is 3.49. The lowest BCUT2D eigenvalue weighted by molar-refractivity contribution is 0.516. The van der Waals surface area contributed by atoms with Gasteiger partial charge in [-0.25, -0.2) is 0 Å². The average Bonchev–Trinajstić information content (AvgIpc) is 2.41. The van der Waals surface area contributed by atoms with Gasteiger partial charge in [0, 0.05) is 5.25 Å². The molecule has 1 aliphatic carbocycles. The van der Waals surface area contributed by atoms with Crippen molar-refractivity contribution in [2.24, 2.45) is 11.3 Å². The molecule has 1 rings (SSSR count). The van der Waals surface area contributed by atoms with E-state index in [0.29, 0.717) is 5.41 Å². The summed E-state index contributed by atoms with van der Waals surface area (Å²) in [6, 6.07) is 0. The summed E-state index contributed by atoms with van der Waals surface area (Å²) in [7, 11) is 0. The lowest BCUT2D eigenvalue weighted by Crippen LogP contribution is -2.11. The normalized spacial score (nSPS) is 44.7. The molecular weight excluding hydrogens is 128 g/mol. The van der Waals surface area contributed by atoms with E-state index < -0.39 is 0 Å². The largest absolute Gasteiger partial charge is 0.162 e. The van der Waals surface area contributed by atoms with Gasteiger partial charge >= 0.3 is 0 Å². The highest BCUT2D eigenvalue weighted by atomic mass is 32.2. The fourth-order valence-corrected chi connectivity index (χ4v) is 2.30. The molecule has 0 aromatic carbocycles. The molecule has 0 radical (unpaired) electrons. The molecule has 9 heavy (non-hydrogen) atoms. The molecule has 1 aliphatic rings. The highest BCUT2D eigenvalue weighted by Gasteiger charge is 2.49. The lowest BCUT2D eigenvalue weighted by Gasteiger charge is -2.16. The second-order valence-corrected chi connectivity index (χ2v) is 4.67. The summed E-state index contributed by atoms with van der Waals surface area (Å²) in [6.45, 7) is 7.10. The van der Waals surface area contributed by atoms with Crippen molar-refractivity contribution in [3.63, 3.8) is 0 Å². The zero-order chi connectivity index (χ0) is 7.07. The summed E-state index contributed by atoms with van der Waals surface area (Å²) in [4.78, 5) is 0. The quantitative estimate of drug-likeness (QED) is 0.574. The second kappa shape index (κ2) is 2.19. The van der Waals surface area contributed by atoms with Crippen molar-refractivity contribution in [1.29, 1.82) is 0 Å². The molecule has 0 aliphatic heterocycles. The first-order valence-corrected chi connectivity index (χ1v) is 4.93. The molecule has 0 spiro atoms. The van der Waals surface area contributed by atoms with Gasteiger partial charge in [-0.05, 0) is 24.0 Å². The zero-order valence-corrected chi connectivity index (χ0v) is 7.59. The molecule has 3 atom stereocenters. The SMILES string of the molecule is CSC(C)C1(C)CC1C. The van der Waals surface area contributed by atoms with Gasteiger partial charge in [0.25, 0.3) is 0 Å². The van der Waals surface area contributed by atoms with Gasteiger partial charge in [-0.2, -0.15) is 11.8 Å². The van der Waals surface area contributed by atoms with Crippen LogP contribution in [0.1, 0.15) is 27.2 Å². The standard InChI is InChI=1S/C8H16S/c1-6-5-8(6,3)7(2)9-4/h6-7H,5H2,1-4H3. The lowest BCUT2D eigenvalue weighted by atomic mass is 10.0. The molecule has 3 unspecified atom stereocenters. The van der Waals surface area contributed by atoms with Gasteiger partial charge in [-0.1, -0.05) is 20.8 Å². The van der Waals surface area contributed by atoms with Crippen LogP contribution in [0.4, 0.5) is 0 Å². The third-order valence-electron chi connectivity index (χ3n) is 2.99. The van der Waals surface area contributed by atoms with E-state index in [1.807, 2.05) is 11.8 Å². The summed E-state index contributed by atoms with van der Waals surface area (Å²) in [5.74, 6) is 0.972. The van der Waals surface area contributed by atoms with E-state index in [-0.39, 0.29) is 0 Å². The first-order valence-electron chi connectivity index (χ1n) is 3.64. The van der Waals surface area contributed by atoms with E-state index in [1.165, 1.54) is 6.42 Å². The molecule has 0 aromatic heterocycles. The number of thioether (sulfide) groups is 1. The summed E-state index contributed by atoms with van der Waals surface area (Å²) in [6.07, 6.45) is 3.65. The fourth-order valence-electron chi connectivity index (χ4n) is 1.44. The van der Waals surface area contributed by atoms with Gasteiger partial charge in [-0.15, -0.1) is 0 Å². The Bertz CT molecular complexity index is 111. The van der Waals surface area contributed by atoms with Crippen LogP contribution in [-0.2, 0) is 0 Å². The summed E-state index contributed by atoms with van der Waals surface area (Å²) in [5.41, 5.74) is 0.680. The molecule has 1 heteroatoms. The summed E-state index contributed by atoms with van der Waals surface area (Å²) in [5, 5.41) is 0.854. The Labute approximate surface area is 62.4 Å². The smallest absolute Gasteiger partial charge is 0.00724 e. The summed E-state index contributed by atoms with van der Waals surface area (Å²) < 4.78 is 0. The molecule has 54 valence electrons. The monoisotopic (exact) mass is 144 g/mol. The molecule has 0 bridgehead atoms. The van der Waals surface area contributed by atoms with E-state index in [9.17, 15) is 0 Å². The van der Waals surface area contributed by atoms with Crippen molar-refractivity contribution in [3.05, 3.63) is 0 Å². The van der Waals surface area contributed by atoms with Crippen LogP contribution in [0.3, 0.4) is 0 Å². The Morgan fingerprint density at radius 1 is 1.67 bits per heavy atom. The molecule has 0 aromatic rings. The van der Waals surface area contributed by atoms with Crippen molar-refractivity contribution in [2.45, 2.75) is 32.4 Å². The first-order chi connectivity index (χ1) is 4.11. The van der Waals surface area contributed by atoms with Crippen LogP contribution < -0.4 is 0 Å². The van der Waals surface area contributed by atoms with Gasteiger partial charge in [0.15, 0.2) is 0 Å². The maximum absolute atomic E-state index is 2.40.